The number of carbonyl (C=O) groups is 1. The SMILES string of the molecule is Cc1ccc(NC(=O)C=Cc2cccnc2)cc1OCCN(C(C)C)C(C)C. The van der Waals surface area contributed by atoms with Gasteiger partial charge in [-0.15, -0.1) is 0 Å². The first-order valence-electron chi connectivity index (χ1n) is 9.75. The number of rotatable bonds is 9. The Morgan fingerprint density at radius 3 is 2.61 bits per heavy atom. The Bertz CT molecular complexity index is 778. The summed E-state index contributed by atoms with van der Waals surface area (Å²) in [6.45, 7) is 12.3. The minimum absolute atomic E-state index is 0.190. The van der Waals surface area contributed by atoms with E-state index in [9.17, 15) is 4.79 Å². The maximum Gasteiger partial charge on any atom is 0.248 e. The second-order valence-electron chi connectivity index (χ2n) is 7.36. The highest BCUT2D eigenvalue weighted by Gasteiger charge is 2.13. The van der Waals surface area contributed by atoms with Gasteiger partial charge < -0.3 is 10.1 Å². The zero-order chi connectivity index (χ0) is 20.5. The molecule has 0 bridgehead atoms. The van der Waals surface area contributed by atoms with Crippen molar-refractivity contribution >= 4 is 17.7 Å². The molecule has 5 nitrogen and oxygen atoms in total. The van der Waals surface area contributed by atoms with E-state index in [2.05, 4.69) is 42.9 Å². The normalized spacial score (nSPS) is 11.6. The zero-order valence-electron chi connectivity index (χ0n) is 17.5. The number of hydrogen-bond donors (Lipinski definition) is 1. The molecule has 0 spiro atoms. The van der Waals surface area contributed by atoms with Crippen molar-refractivity contribution in [3.63, 3.8) is 0 Å². The molecular formula is C23H31N3O2. The lowest BCUT2D eigenvalue weighted by Gasteiger charge is -2.30. The van der Waals surface area contributed by atoms with Crippen molar-refractivity contribution in [2.24, 2.45) is 0 Å². The Morgan fingerprint density at radius 1 is 1.21 bits per heavy atom. The summed E-state index contributed by atoms with van der Waals surface area (Å²) in [4.78, 5) is 18.6. The maximum atomic E-state index is 12.2. The standard InChI is InChI=1S/C23H31N3O2/c1-17(2)26(18(3)4)13-14-28-22-15-21(10-8-19(22)5)25-23(27)11-9-20-7-6-12-24-16-20/h6-12,15-18H,13-14H2,1-5H3,(H,25,27). The van der Waals surface area contributed by atoms with E-state index >= 15 is 0 Å². The molecule has 2 aromatic rings. The smallest absolute Gasteiger partial charge is 0.248 e. The molecule has 1 N–H and O–H groups in total. The molecule has 0 unspecified atom stereocenters. The average molecular weight is 382 g/mol. The molecule has 0 aliphatic rings. The van der Waals surface area contributed by atoms with Gasteiger partial charge in [0.2, 0.25) is 5.91 Å². The highest BCUT2D eigenvalue weighted by atomic mass is 16.5. The van der Waals surface area contributed by atoms with Crippen LogP contribution in [0.15, 0.2) is 48.8 Å². The van der Waals surface area contributed by atoms with E-state index in [0.29, 0.717) is 24.4 Å². The summed E-state index contributed by atoms with van der Waals surface area (Å²) in [5.41, 5.74) is 2.64. The highest BCUT2D eigenvalue weighted by Crippen LogP contribution is 2.23. The summed E-state index contributed by atoms with van der Waals surface area (Å²) in [5, 5.41) is 2.88. The number of anilines is 1. The summed E-state index contributed by atoms with van der Waals surface area (Å²) < 4.78 is 6.00. The predicted molar refractivity (Wildman–Crippen MR) is 116 cm³/mol. The Morgan fingerprint density at radius 2 is 1.96 bits per heavy atom. The first-order chi connectivity index (χ1) is 13.4. The van der Waals surface area contributed by atoms with Crippen LogP contribution in [0.2, 0.25) is 0 Å². The second kappa shape index (κ2) is 10.6. The Hall–Kier alpha value is -2.66. The van der Waals surface area contributed by atoms with E-state index in [4.69, 9.17) is 4.74 Å². The molecule has 0 fully saturated rings. The number of carbonyl (C=O) groups excluding carboxylic acids is 1. The van der Waals surface area contributed by atoms with Gasteiger partial charge >= 0.3 is 0 Å². The number of amides is 1. The first-order valence-corrected chi connectivity index (χ1v) is 9.75. The monoisotopic (exact) mass is 381 g/mol. The molecule has 5 heteroatoms. The largest absolute Gasteiger partial charge is 0.492 e. The van der Waals surface area contributed by atoms with Crippen molar-refractivity contribution in [2.75, 3.05) is 18.5 Å². The molecule has 0 atom stereocenters. The third-order valence-electron chi connectivity index (χ3n) is 4.50. The van der Waals surface area contributed by atoms with E-state index in [1.807, 2.05) is 37.3 Å². The van der Waals surface area contributed by atoms with Crippen LogP contribution in [0, 0.1) is 6.92 Å². The van der Waals surface area contributed by atoms with Gasteiger partial charge in [0.1, 0.15) is 12.4 Å². The van der Waals surface area contributed by atoms with Crippen LogP contribution >= 0.6 is 0 Å². The molecule has 28 heavy (non-hydrogen) atoms. The molecule has 2 rings (SSSR count). The van der Waals surface area contributed by atoms with Gasteiger partial charge in [-0.05, 0) is 64.0 Å². The number of aromatic nitrogens is 1. The van der Waals surface area contributed by atoms with Crippen LogP contribution < -0.4 is 10.1 Å². The van der Waals surface area contributed by atoms with Gasteiger partial charge in [0.05, 0.1) is 0 Å². The van der Waals surface area contributed by atoms with Gasteiger partial charge in [0.15, 0.2) is 0 Å². The van der Waals surface area contributed by atoms with Crippen LogP contribution in [0.4, 0.5) is 5.69 Å². The average Bonchev–Trinajstić information content (AvgIpc) is 2.66. The van der Waals surface area contributed by atoms with Gasteiger partial charge in [0.25, 0.3) is 0 Å². The number of nitrogens with zero attached hydrogens (tertiary/aromatic N) is 2. The van der Waals surface area contributed by atoms with Crippen LogP contribution in [-0.2, 0) is 4.79 Å². The van der Waals surface area contributed by atoms with E-state index in [-0.39, 0.29) is 5.91 Å². The highest BCUT2D eigenvalue weighted by molar-refractivity contribution is 6.02. The molecule has 0 aliphatic heterocycles. The lowest BCUT2D eigenvalue weighted by Crippen LogP contribution is -2.39. The number of nitrogens with one attached hydrogen (secondary N) is 1. The van der Waals surface area contributed by atoms with Crippen LogP contribution in [0.25, 0.3) is 6.08 Å². The fraction of sp³-hybridized carbons (Fsp3) is 0.391. The van der Waals surface area contributed by atoms with E-state index in [0.717, 1.165) is 23.4 Å². The molecule has 0 aliphatic carbocycles. The Labute approximate surface area is 168 Å². The molecule has 1 heterocycles. The zero-order valence-corrected chi connectivity index (χ0v) is 17.5. The maximum absolute atomic E-state index is 12.2. The van der Waals surface area contributed by atoms with Crippen LogP contribution in [0.3, 0.4) is 0 Å². The first kappa shape index (κ1) is 21.6. The minimum atomic E-state index is -0.190. The third kappa shape index (κ3) is 6.82. The van der Waals surface area contributed by atoms with Crippen molar-refractivity contribution in [3.8, 4) is 5.75 Å². The van der Waals surface area contributed by atoms with Gasteiger partial charge in [-0.3, -0.25) is 14.7 Å². The molecule has 1 amide bonds. The number of ether oxygens (including phenoxy) is 1. The van der Waals surface area contributed by atoms with Crippen LogP contribution in [0.5, 0.6) is 5.75 Å². The molecule has 0 saturated carbocycles. The summed E-state index contributed by atoms with van der Waals surface area (Å²) in [6, 6.07) is 10.4. The van der Waals surface area contributed by atoms with Gasteiger partial charge in [-0.2, -0.15) is 0 Å². The summed E-state index contributed by atoms with van der Waals surface area (Å²) >= 11 is 0. The van der Waals surface area contributed by atoms with Crippen molar-refractivity contribution in [3.05, 3.63) is 59.9 Å². The van der Waals surface area contributed by atoms with Gasteiger partial charge in [-0.1, -0.05) is 12.1 Å². The third-order valence-corrected chi connectivity index (χ3v) is 4.50. The van der Waals surface area contributed by atoms with Crippen LogP contribution in [-0.4, -0.2) is 41.0 Å². The lowest BCUT2D eigenvalue weighted by molar-refractivity contribution is -0.111. The summed E-state index contributed by atoms with van der Waals surface area (Å²) in [5.74, 6) is 0.603. The fourth-order valence-electron chi connectivity index (χ4n) is 3.04. The van der Waals surface area contributed by atoms with Crippen molar-refractivity contribution in [1.82, 2.24) is 9.88 Å². The molecule has 150 valence electrons. The van der Waals surface area contributed by atoms with Crippen molar-refractivity contribution in [2.45, 2.75) is 46.7 Å². The van der Waals surface area contributed by atoms with Gasteiger partial charge in [0, 0.05) is 48.9 Å². The topological polar surface area (TPSA) is 54.5 Å². The number of pyridine rings is 1. The molecule has 1 aromatic heterocycles. The van der Waals surface area contributed by atoms with E-state index < -0.39 is 0 Å². The Balaban J connectivity index is 1.95. The predicted octanol–water partition coefficient (Wildman–Crippen LogP) is 4.54. The molecular weight excluding hydrogens is 350 g/mol. The van der Waals surface area contributed by atoms with Crippen molar-refractivity contribution in [1.29, 1.82) is 0 Å². The molecule has 0 saturated heterocycles. The molecule has 1 aromatic carbocycles. The second-order valence-corrected chi connectivity index (χ2v) is 7.36. The summed E-state index contributed by atoms with van der Waals surface area (Å²) in [7, 11) is 0. The fourth-order valence-corrected chi connectivity index (χ4v) is 3.04. The van der Waals surface area contributed by atoms with Crippen molar-refractivity contribution < 1.29 is 9.53 Å². The minimum Gasteiger partial charge on any atom is -0.492 e. The van der Waals surface area contributed by atoms with Gasteiger partial charge in [-0.25, -0.2) is 0 Å². The number of aryl methyl sites for hydroxylation is 1. The van der Waals surface area contributed by atoms with Crippen LogP contribution in [0.1, 0.15) is 38.8 Å². The molecule has 0 radical (unpaired) electrons. The van der Waals surface area contributed by atoms with E-state index in [1.54, 1.807) is 18.5 Å². The summed E-state index contributed by atoms with van der Waals surface area (Å²) in [6.07, 6.45) is 6.65. The number of benzene rings is 1. The quantitative estimate of drug-likeness (QED) is 0.648. The van der Waals surface area contributed by atoms with E-state index in [1.165, 1.54) is 6.08 Å². The Kier molecular flexibility index (Phi) is 8.20. The number of hydrogen-bond acceptors (Lipinski definition) is 4. The lowest BCUT2D eigenvalue weighted by atomic mass is 10.2.